The largest absolute Gasteiger partial charge is 0.484 e. The van der Waals surface area contributed by atoms with Crippen LogP contribution in [0.4, 0.5) is 0 Å². The number of aliphatic hydroxyl groups is 1. The molecule has 1 aromatic carbocycles. The fourth-order valence-electron chi connectivity index (χ4n) is 1.77. The summed E-state index contributed by atoms with van der Waals surface area (Å²) in [6.45, 7) is 4.05. The van der Waals surface area contributed by atoms with Crippen LogP contribution in [0.5, 0.6) is 5.75 Å². The molecule has 5 heteroatoms. The first-order chi connectivity index (χ1) is 9.67. The first-order valence-electron chi connectivity index (χ1n) is 6.88. The van der Waals surface area contributed by atoms with Gasteiger partial charge in [0, 0.05) is 6.42 Å². The van der Waals surface area contributed by atoms with Crippen LogP contribution in [0.1, 0.15) is 37.5 Å². The van der Waals surface area contributed by atoms with E-state index in [-0.39, 0.29) is 12.7 Å². The standard InChI is InChI=1S/C15H20N2O3/c1-3-14-16-15(20-17-14)10-19-13-8-6-12(7-9-13)5-4-11(2)18/h6-9,11,18H,3-5,10H2,1-2H3. The van der Waals surface area contributed by atoms with Crippen LogP contribution in [0, 0.1) is 0 Å². The van der Waals surface area contributed by atoms with Gasteiger partial charge in [0.2, 0.25) is 0 Å². The maximum atomic E-state index is 9.25. The van der Waals surface area contributed by atoms with Crippen LogP contribution in [0.25, 0.3) is 0 Å². The molecule has 0 aliphatic heterocycles. The molecule has 0 spiro atoms. The number of nitrogens with zero attached hydrogens (tertiary/aromatic N) is 2. The molecule has 0 bridgehead atoms. The molecule has 0 saturated carbocycles. The van der Waals surface area contributed by atoms with Crippen LogP contribution in [-0.2, 0) is 19.4 Å². The second-order valence-corrected chi connectivity index (χ2v) is 4.78. The van der Waals surface area contributed by atoms with Gasteiger partial charge in [-0.2, -0.15) is 4.98 Å². The summed E-state index contributed by atoms with van der Waals surface area (Å²) < 4.78 is 10.6. The van der Waals surface area contributed by atoms with Crippen LogP contribution in [0.15, 0.2) is 28.8 Å². The zero-order valence-electron chi connectivity index (χ0n) is 11.9. The third kappa shape index (κ3) is 4.35. The van der Waals surface area contributed by atoms with Crippen LogP contribution in [0.2, 0.25) is 0 Å². The van der Waals surface area contributed by atoms with E-state index in [0.717, 1.165) is 25.0 Å². The molecule has 108 valence electrons. The minimum atomic E-state index is -0.267. The van der Waals surface area contributed by atoms with Gasteiger partial charge in [0.25, 0.3) is 5.89 Å². The van der Waals surface area contributed by atoms with E-state index in [9.17, 15) is 5.11 Å². The highest BCUT2D eigenvalue weighted by Crippen LogP contribution is 2.15. The van der Waals surface area contributed by atoms with Crippen LogP contribution < -0.4 is 4.74 Å². The van der Waals surface area contributed by atoms with E-state index >= 15 is 0 Å². The summed E-state index contributed by atoms with van der Waals surface area (Å²) in [5, 5.41) is 13.1. The highest BCUT2D eigenvalue weighted by atomic mass is 16.5. The number of aliphatic hydroxyl groups excluding tert-OH is 1. The molecule has 0 saturated heterocycles. The number of hydrogen-bond donors (Lipinski definition) is 1. The minimum Gasteiger partial charge on any atom is -0.484 e. The topological polar surface area (TPSA) is 68.4 Å². The number of hydrogen-bond acceptors (Lipinski definition) is 5. The molecule has 1 heterocycles. The summed E-state index contributed by atoms with van der Waals surface area (Å²) in [5.74, 6) is 1.94. The number of ether oxygens (including phenoxy) is 1. The average Bonchev–Trinajstić information content (AvgIpc) is 2.92. The minimum absolute atomic E-state index is 0.267. The van der Waals surface area contributed by atoms with Crippen LogP contribution in [0.3, 0.4) is 0 Å². The first kappa shape index (κ1) is 14.5. The molecule has 0 aliphatic rings. The summed E-state index contributed by atoms with van der Waals surface area (Å²) in [6, 6.07) is 7.83. The molecule has 1 unspecified atom stereocenters. The van der Waals surface area contributed by atoms with E-state index < -0.39 is 0 Å². The Kier molecular flexibility index (Phi) is 5.12. The Labute approximate surface area is 118 Å². The third-order valence-electron chi connectivity index (χ3n) is 2.96. The number of aromatic nitrogens is 2. The monoisotopic (exact) mass is 276 g/mol. The van der Waals surface area contributed by atoms with E-state index in [4.69, 9.17) is 9.26 Å². The SMILES string of the molecule is CCc1noc(COc2ccc(CCC(C)O)cc2)n1. The van der Waals surface area contributed by atoms with Crippen molar-refractivity contribution in [1.82, 2.24) is 10.1 Å². The molecular formula is C15H20N2O3. The summed E-state index contributed by atoms with van der Waals surface area (Å²) in [4.78, 5) is 4.18. The zero-order chi connectivity index (χ0) is 14.4. The van der Waals surface area contributed by atoms with E-state index in [1.807, 2.05) is 31.2 Å². The molecule has 20 heavy (non-hydrogen) atoms. The second-order valence-electron chi connectivity index (χ2n) is 4.78. The predicted octanol–water partition coefficient (Wildman–Crippen LogP) is 2.52. The predicted molar refractivity (Wildman–Crippen MR) is 74.5 cm³/mol. The van der Waals surface area contributed by atoms with E-state index in [1.54, 1.807) is 6.92 Å². The molecule has 0 radical (unpaired) electrons. The van der Waals surface area contributed by atoms with E-state index in [1.165, 1.54) is 5.56 Å². The van der Waals surface area contributed by atoms with Gasteiger partial charge in [-0.1, -0.05) is 24.2 Å². The van der Waals surface area contributed by atoms with Crippen LogP contribution in [-0.4, -0.2) is 21.4 Å². The Balaban J connectivity index is 1.84. The van der Waals surface area contributed by atoms with Crippen molar-refractivity contribution in [2.45, 2.75) is 45.8 Å². The first-order valence-corrected chi connectivity index (χ1v) is 6.88. The number of benzene rings is 1. The van der Waals surface area contributed by atoms with Gasteiger partial charge in [-0.25, -0.2) is 0 Å². The third-order valence-corrected chi connectivity index (χ3v) is 2.96. The van der Waals surface area contributed by atoms with Crippen molar-refractivity contribution in [1.29, 1.82) is 0 Å². The zero-order valence-corrected chi connectivity index (χ0v) is 11.9. The highest BCUT2D eigenvalue weighted by Gasteiger charge is 2.05. The van der Waals surface area contributed by atoms with Crippen molar-refractivity contribution in [3.8, 4) is 5.75 Å². The van der Waals surface area contributed by atoms with Crippen molar-refractivity contribution in [2.75, 3.05) is 0 Å². The quantitative estimate of drug-likeness (QED) is 0.841. The van der Waals surface area contributed by atoms with E-state index in [0.29, 0.717) is 11.7 Å². The normalized spacial score (nSPS) is 12.3. The summed E-state index contributed by atoms with van der Waals surface area (Å²) in [7, 11) is 0. The van der Waals surface area contributed by atoms with Crippen LogP contribution >= 0.6 is 0 Å². The van der Waals surface area contributed by atoms with Gasteiger partial charge in [-0.15, -0.1) is 0 Å². The average molecular weight is 276 g/mol. The number of aryl methyl sites for hydroxylation is 2. The number of rotatable bonds is 7. The molecule has 5 nitrogen and oxygen atoms in total. The fraction of sp³-hybridized carbons (Fsp3) is 0.467. The van der Waals surface area contributed by atoms with Crippen molar-refractivity contribution >= 4 is 0 Å². The van der Waals surface area contributed by atoms with Gasteiger partial charge in [0.1, 0.15) is 5.75 Å². The molecule has 0 fully saturated rings. The Morgan fingerprint density at radius 2 is 2.05 bits per heavy atom. The maximum Gasteiger partial charge on any atom is 0.264 e. The molecule has 0 amide bonds. The molecule has 1 aromatic heterocycles. The van der Waals surface area contributed by atoms with Crippen molar-refractivity contribution < 1.29 is 14.4 Å². The summed E-state index contributed by atoms with van der Waals surface area (Å²) >= 11 is 0. The van der Waals surface area contributed by atoms with Crippen molar-refractivity contribution in [2.24, 2.45) is 0 Å². The Bertz CT molecular complexity index is 520. The van der Waals surface area contributed by atoms with Gasteiger partial charge in [-0.3, -0.25) is 0 Å². The van der Waals surface area contributed by atoms with Gasteiger partial charge in [0.05, 0.1) is 6.10 Å². The molecule has 1 atom stereocenters. The fourth-order valence-corrected chi connectivity index (χ4v) is 1.77. The Morgan fingerprint density at radius 3 is 2.65 bits per heavy atom. The maximum absolute atomic E-state index is 9.25. The molecule has 0 aliphatic carbocycles. The molecule has 1 N–H and O–H groups in total. The molecule has 2 aromatic rings. The van der Waals surface area contributed by atoms with Gasteiger partial charge < -0.3 is 14.4 Å². The molecular weight excluding hydrogens is 256 g/mol. The second kappa shape index (κ2) is 7.05. The smallest absolute Gasteiger partial charge is 0.264 e. The van der Waals surface area contributed by atoms with Gasteiger partial charge >= 0.3 is 0 Å². The highest BCUT2D eigenvalue weighted by molar-refractivity contribution is 5.27. The van der Waals surface area contributed by atoms with E-state index in [2.05, 4.69) is 10.1 Å². The summed E-state index contributed by atoms with van der Waals surface area (Å²) in [5.41, 5.74) is 1.18. The van der Waals surface area contributed by atoms with Gasteiger partial charge in [0.15, 0.2) is 12.4 Å². The lowest BCUT2D eigenvalue weighted by Gasteiger charge is -2.06. The van der Waals surface area contributed by atoms with Crippen molar-refractivity contribution in [3.63, 3.8) is 0 Å². The van der Waals surface area contributed by atoms with Gasteiger partial charge in [-0.05, 0) is 37.5 Å². The molecule has 2 rings (SSSR count). The lowest BCUT2D eigenvalue weighted by Crippen LogP contribution is -2.01. The Hall–Kier alpha value is -1.88. The van der Waals surface area contributed by atoms with Crippen molar-refractivity contribution in [3.05, 3.63) is 41.5 Å². The Morgan fingerprint density at radius 1 is 1.30 bits per heavy atom. The lowest BCUT2D eigenvalue weighted by molar-refractivity contribution is 0.185. The lowest BCUT2D eigenvalue weighted by atomic mass is 10.1. The summed E-state index contributed by atoms with van der Waals surface area (Å²) in [6.07, 6.45) is 2.11.